The molecule has 0 atom stereocenters. The Morgan fingerprint density at radius 2 is 0.478 bits per heavy atom. The van der Waals surface area contributed by atoms with Crippen molar-refractivity contribution in [2.24, 2.45) is 5.41 Å². The summed E-state index contributed by atoms with van der Waals surface area (Å²) in [5.41, 5.74) is 0.125. The first-order valence-corrected chi connectivity index (χ1v) is 20.7. The van der Waals surface area contributed by atoms with E-state index >= 15 is 0 Å². The van der Waals surface area contributed by atoms with Gasteiger partial charge in [0.1, 0.15) is 0 Å². The number of rotatable bonds is 12. The average Bonchev–Trinajstić information content (AvgIpc) is 3.11. The Labute approximate surface area is 293 Å². The van der Waals surface area contributed by atoms with Gasteiger partial charge in [0.05, 0.1) is 79.5 Å². The van der Waals surface area contributed by atoms with E-state index in [9.17, 15) is 0 Å². The van der Waals surface area contributed by atoms with Crippen LogP contribution in [0.25, 0.3) is 0 Å². The molecular formula is C42H47P3Ru+2. The van der Waals surface area contributed by atoms with Gasteiger partial charge in [0.2, 0.25) is 0 Å². The van der Waals surface area contributed by atoms with Gasteiger partial charge in [0, 0.05) is 0 Å². The van der Waals surface area contributed by atoms with E-state index in [-0.39, 0.29) is 32.3 Å². The third-order valence-electron chi connectivity index (χ3n) is 8.54. The van der Waals surface area contributed by atoms with E-state index in [0.29, 0.717) is 0 Å². The minimum atomic E-state index is -1.04. The van der Waals surface area contributed by atoms with Gasteiger partial charge in [-0.2, -0.15) is 0 Å². The summed E-state index contributed by atoms with van der Waals surface area (Å²) < 4.78 is 0. The van der Waals surface area contributed by atoms with Crippen LogP contribution in [0, 0.1) is 12.8 Å². The molecular weight excluding hydrogens is 698 g/mol. The molecule has 6 aromatic rings. The Morgan fingerprint density at radius 1 is 0.326 bits per heavy atom. The Hall–Kier alpha value is -2.77. The SMILES string of the molecule is CC(C[PH+](c1ccccc1)c1ccccc1)(C[PH+](c1ccccc1)c1ccccc1)C[PH+](c1ccccc1)c1ccccc1.[CH3-].[RuH2]. The van der Waals surface area contributed by atoms with Gasteiger partial charge in [0.25, 0.3) is 0 Å². The van der Waals surface area contributed by atoms with E-state index < -0.39 is 23.8 Å². The summed E-state index contributed by atoms with van der Waals surface area (Å²) in [6.45, 7) is 2.64. The number of hydrogen-bond acceptors (Lipinski definition) is 0. The fraction of sp³-hybridized carbons (Fsp3) is 0.119. The van der Waals surface area contributed by atoms with Gasteiger partial charge in [-0.25, -0.2) is 0 Å². The van der Waals surface area contributed by atoms with Crippen LogP contribution in [-0.4, -0.2) is 18.5 Å². The van der Waals surface area contributed by atoms with Crippen molar-refractivity contribution in [3.05, 3.63) is 189 Å². The quantitative estimate of drug-likeness (QED) is 0.0692. The first-order valence-electron chi connectivity index (χ1n) is 15.6. The molecule has 6 rings (SSSR count). The molecule has 0 fully saturated rings. The van der Waals surface area contributed by atoms with Crippen LogP contribution < -0.4 is 31.8 Å². The van der Waals surface area contributed by atoms with Crippen molar-refractivity contribution >= 4 is 55.6 Å². The molecule has 6 aromatic carbocycles. The van der Waals surface area contributed by atoms with Gasteiger partial charge in [-0.15, -0.1) is 0 Å². The normalized spacial score (nSPS) is 11.2. The molecule has 236 valence electrons. The van der Waals surface area contributed by atoms with Gasteiger partial charge in [-0.1, -0.05) is 109 Å². The summed E-state index contributed by atoms with van der Waals surface area (Å²) in [7, 11) is -3.12. The Morgan fingerprint density at radius 3 is 0.630 bits per heavy atom. The molecule has 4 heteroatoms. The maximum absolute atomic E-state index is 2.64. The summed E-state index contributed by atoms with van der Waals surface area (Å²) >= 11 is 0. The van der Waals surface area contributed by atoms with Gasteiger partial charge >= 0.3 is 19.5 Å². The van der Waals surface area contributed by atoms with Crippen LogP contribution >= 0.6 is 23.8 Å². The first-order chi connectivity index (χ1) is 21.7. The molecule has 0 spiro atoms. The van der Waals surface area contributed by atoms with Crippen molar-refractivity contribution in [3.63, 3.8) is 0 Å². The molecule has 0 N–H and O–H groups in total. The average molecular weight is 746 g/mol. The molecule has 0 saturated carbocycles. The molecule has 0 unspecified atom stereocenters. The summed E-state index contributed by atoms with van der Waals surface area (Å²) in [5.74, 6) is 0. The molecule has 0 aliphatic carbocycles. The second kappa shape index (κ2) is 18.0. The minimum absolute atomic E-state index is 0. The van der Waals surface area contributed by atoms with E-state index in [0.717, 1.165) is 0 Å². The monoisotopic (exact) mass is 746 g/mol. The molecule has 0 aliphatic heterocycles. The summed E-state index contributed by atoms with van der Waals surface area (Å²) in [4.78, 5) is 0. The molecule has 0 aliphatic rings. The van der Waals surface area contributed by atoms with Crippen LogP contribution in [0.3, 0.4) is 0 Å². The van der Waals surface area contributed by atoms with Crippen LogP contribution in [0.1, 0.15) is 6.92 Å². The van der Waals surface area contributed by atoms with Crippen molar-refractivity contribution in [2.45, 2.75) is 6.92 Å². The first kappa shape index (κ1) is 36.1. The van der Waals surface area contributed by atoms with E-state index in [1.807, 2.05) is 0 Å². The predicted molar refractivity (Wildman–Crippen MR) is 213 cm³/mol. The van der Waals surface area contributed by atoms with Crippen molar-refractivity contribution < 1.29 is 19.5 Å². The predicted octanol–water partition coefficient (Wildman–Crippen LogP) is 7.50. The third kappa shape index (κ3) is 9.41. The molecule has 0 amide bonds. The zero-order valence-electron chi connectivity index (χ0n) is 26.9. The molecule has 0 heterocycles. The maximum atomic E-state index is 2.64. The van der Waals surface area contributed by atoms with E-state index in [1.54, 1.807) is 0 Å². The van der Waals surface area contributed by atoms with Crippen LogP contribution in [0.4, 0.5) is 0 Å². The van der Waals surface area contributed by atoms with Crippen LogP contribution in [0.2, 0.25) is 0 Å². The van der Waals surface area contributed by atoms with E-state index in [1.165, 1.54) is 50.3 Å². The molecule has 0 radical (unpaired) electrons. The van der Waals surface area contributed by atoms with Gasteiger partial charge in [-0.3, -0.25) is 0 Å². The fourth-order valence-electron chi connectivity index (χ4n) is 6.42. The molecule has 46 heavy (non-hydrogen) atoms. The van der Waals surface area contributed by atoms with Crippen molar-refractivity contribution in [3.8, 4) is 0 Å². The number of benzene rings is 6. The zero-order chi connectivity index (χ0) is 30.0. The van der Waals surface area contributed by atoms with Crippen LogP contribution in [0.15, 0.2) is 182 Å². The zero-order valence-corrected chi connectivity index (χ0v) is 31.9. The standard InChI is InChI=1S/C41H39P3.CH3.Ru.2H/c1-41(32-42(35-20-8-2-9-21-35)36-22-10-3-11-23-36,33-43(37-24-12-4-13-25-37)38-26-14-5-15-27-38)34-44(39-28-16-6-17-29-39)40-30-18-7-19-31-40;;;;/h2-31H,32-34H2,1H3;1H3;;;/q;-1;;;/p+3. The van der Waals surface area contributed by atoms with Crippen LogP contribution in [0.5, 0.6) is 0 Å². The molecule has 0 nitrogen and oxygen atoms in total. The van der Waals surface area contributed by atoms with Gasteiger partial charge < -0.3 is 7.43 Å². The Bertz CT molecular complexity index is 1360. The van der Waals surface area contributed by atoms with Crippen LogP contribution in [-0.2, 0) is 19.5 Å². The number of hydrogen-bond donors (Lipinski definition) is 0. The van der Waals surface area contributed by atoms with Gasteiger partial charge in [-0.05, 0) is 79.7 Å². The molecule has 0 bridgehead atoms. The second-order valence-electron chi connectivity index (χ2n) is 12.0. The Balaban J connectivity index is 0.00000240. The topological polar surface area (TPSA) is 0 Å². The van der Waals surface area contributed by atoms with Crippen molar-refractivity contribution in [1.29, 1.82) is 0 Å². The van der Waals surface area contributed by atoms with Crippen molar-refractivity contribution in [1.82, 2.24) is 0 Å². The van der Waals surface area contributed by atoms with Gasteiger partial charge in [0.15, 0.2) is 0 Å². The fourth-order valence-corrected chi connectivity index (χ4v) is 16.3. The Kier molecular flexibility index (Phi) is 14.1. The summed E-state index contributed by atoms with van der Waals surface area (Å²) in [6.07, 6.45) is 3.61. The van der Waals surface area contributed by atoms with E-state index in [4.69, 9.17) is 0 Å². The molecule has 0 aromatic heterocycles. The molecule has 0 saturated heterocycles. The summed E-state index contributed by atoms with van der Waals surface area (Å²) in [5, 5.41) is 9.06. The van der Waals surface area contributed by atoms with Crippen molar-refractivity contribution in [2.75, 3.05) is 18.5 Å². The summed E-state index contributed by atoms with van der Waals surface area (Å²) in [6, 6.07) is 68.2. The second-order valence-corrected chi connectivity index (χ2v) is 19.4. The van der Waals surface area contributed by atoms with E-state index in [2.05, 4.69) is 189 Å². The third-order valence-corrected chi connectivity index (χ3v) is 18.3.